The highest BCUT2D eigenvalue weighted by molar-refractivity contribution is 5.04. The Labute approximate surface area is 59.5 Å². The fourth-order valence-electron chi connectivity index (χ4n) is 0.671. The minimum Gasteiger partial charge on any atom is -0.392 e. The highest BCUT2D eigenvalue weighted by atomic mass is 16.6. The topological polar surface area (TPSA) is 33.3 Å². The second-order valence-corrected chi connectivity index (χ2v) is 1.91. The quantitative estimate of drug-likeness (QED) is 0.563. The average Bonchev–Trinajstić information content (AvgIpc) is 2.05. The molecule has 0 unspecified atom stereocenters. The molecule has 0 amide bonds. The Balaban J connectivity index is 2.80. The van der Waals surface area contributed by atoms with Gasteiger partial charge in [0.15, 0.2) is 0 Å². The zero-order chi connectivity index (χ0) is 7.40. The molecule has 0 aliphatic rings. The summed E-state index contributed by atoms with van der Waals surface area (Å²) in [6.07, 6.45) is 3.48. The molecule has 0 aliphatic carbocycles. The predicted octanol–water partition coefficient (Wildman–Crippen LogP) is -0.475. The van der Waals surface area contributed by atoms with Crippen LogP contribution in [0.4, 0.5) is 0 Å². The van der Waals surface area contributed by atoms with Crippen molar-refractivity contribution in [2.24, 2.45) is 0 Å². The molecule has 54 valence electrons. The fraction of sp³-hybridized carbons (Fsp3) is 0.286. The van der Waals surface area contributed by atoms with Gasteiger partial charge in [-0.05, 0) is 5.56 Å². The van der Waals surface area contributed by atoms with Crippen LogP contribution >= 0.6 is 0 Å². The number of aromatic nitrogens is 1. The lowest BCUT2D eigenvalue weighted by atomic mass is 10.3. The number of aliphatic hydroxyl groups excluding tert-OH is 1. The zero-order valence-electron chi connectivity index (χ0n) is 5.82. The van der Waals surface area contributed by atoms with Crippen LogP contribution in [0.15, 0.2) is 24.5 Å². The molecule has 10 heavy (non-hydrogen) atoms. The van der Waals surface area contributed by atoms with E-state index in [1.54, 1.807) is 36.4 Å². The van der Waals surface area contributed by atoms with E-state index in [9.17, 15) is 0 Å². The Morgan fingerprint density at radius 1 is 1.50 bits per heavy atom. The normalized spacial score (nSPS) is 9.40. The molecule has 0 fully saturated rings. The second kappa shape index (κ2) is 3.17. The molecule has 0 saturated heterocycles. The summed E-state index contributed by atoms with van der Waals surface area (Å²) in [5, 5.41) is 8.65. The Hall–Kier alpha value is -1.09. The first kappa shape index (κ1) is 7.02. The van der Waals surface area contributed by atoms with Crippen molar-refractivity contribution in [1.82, 2.24) is 0 Å². The van der Waals surface area contributed by atoms with E-state index >= 15 is 0 Å². The van der Waals surface area contributed by atoms with E-state index in [0.29, 0.717) is 0 Å². The Morgan fingerprint density at radius 3 is 2.50 bits per heavy atom. The first-order valence-electron chi connectivity index (χ1n) is 3.02. The van der Waals surface area contributed by atoms with Gasteiger partial charge in [-0.3, -0.25) is 4.84 Å². The lowest BCUT2D eigenvalue weighted by Gasteiger charge is -1.91. The van der Waals surface area contributed by atoms with Crippen LogP contribution in [0.5, 0.6) is 0 Å². The van der Waals surface area contributed by atoms with Crippen molar-refractivity contribution in [3.05, 3.63) is 30.1 Å². The largest absolute Gasteiger partial charge is 0.392 e. The van der Waals surface area contributed by atoms with Crippen LogP contribution in [0.25, 0.3) is 0 Å². The maximum absolute atomic E-state index is 8.65. The number of hydrogen-bond donors (Lipinski definition) is 1. The molecule has 3 heteroatoms. The lowest BCUT2D eigenvalue weighted by molar-refractivity contribution is -0.885. The van der Waals surface area contributed by atoms with Crippen molar-refractivity contribution in [3.63, 3.8) is 0 Å². The van der Waals surface area contributed by atoms with Crippen LogP contribution in [0.2, 0.25) is 0 Å². The predicted molar refractivity (Wildman–Crippen MR) is 35.1 cm³/mol. The number of rotatable bonds is 2. The van der Waals surface area contributed by atoms with E-state index < -0.39 is 0 Å². The standard InChI is InChI=1S/C7H10NO2/c1-10-8-4-2-7(6-9)3-5-8/h2-5,9H,6H2,1H3/q+1. The van der Waals surface area contributed by atoms with Gasteiger partial charge >= 0.3 is 0 Å². The zero-order valence-corrected chi connectivity index (χ0v) is 5.82. The van der Waals surface area contributed by atoms with Crippen molar-refractivity contribution in [1.29, 1.82) is 0 Å². The Morgan fingerprint density at radius 2 is 2.10 bits per heavy atom. The number of aliphatic hydroxyl groups is 1. The molecule has 1 N–H and O–H groups in total. The minimum atomic E-state index is 0.0740. The molecule has 1 rings (SSSR count). The molecule has 0 radical (unpaired) electrons. The smallest absolute Gasteiger partial charge is 0.222 e. The third-order valence-corrected chi connectivity index (χ3v) is 1.26. The van der Waals surface area contributed by atoms with Gasteiger partial charge in [0.05, 0.1) is 6.61 Å². The number of pyridine rings is 1. The molecule has 1 aromatic rings. The highest BCUT2D eigenvalue weighted by Gasteiger charge is 1.96. The summed E-state index contributed by atoms with van der Waals surface area (Å²) in [6, 6.07) is 3.59. The van der Waals surface area contributed by atoms with E-state index in [0.717, 1.165) is 5.56 Å². The molecule has 0 saturated carbocycles. The molecular formula is C7H10NO2+. The minimum absolute atomic E-state index is 0.0740. The summed E-state index contributed by atoms with van der Waals surface area (Å²) in [4.78, 5) is 4.85. The summed E-state index contributed by atoms with van der Waals surface area (Å²) in [5.41, 5.74) is 0.883. The third-order valence-electron chi connectivity index (χ3n) is 1.26. The van der Waals surface area contributed by atoms with Crippen LogP contribution in [0.1, 0.15) is 5.56 Å². The SMILES string of the molecule is CO[n+]1ccc(CO)cc1. The van der Waals surface area contributed by atoms with Crippen molar-refractivity contribution in [2.75, 3.05) is 7.11 Å². The first-order valence-corrected chi connectivity index (χ1v) is 3.02. The van der Waals surface area contributed by atoms with Crippen LogP contribution in [0, 0.1) is 0 Å². The van der Waals surface area contributed by atoms with Crippen molar-refractivity contribution >= 4 is 0 Å². The molecule has 1 aromatic heterocycles. The first-order chi connectivity index (χ1) is 4.86. The Kier molecular flexibility index (Phi) is 2.23. The van der Waals surface area contributed by atoms with Crippen LogP contribution in [-0.2, 0) is 6.61 Å². The van der Waals surface area contributed by atoms with Crippen LogP contribution in [0.3, 0.4) is 0 Å². The molecule has 0 atom stereocenters. The van der Waals surface area contributed by atoms with Gasteiger partial charge in [0.1, 0.15) is 7.11 Å². The van der Waals surface area contributed by atoms with E-state index in [4.69, 9.17) is 9.94 Å². The lowest BCUT2D eigenvalue weighted by Crippen LogP contribution is -2.39. The van der Waals surface area contributed by atoms with Gasteiger partial charge in [0.2, 0.25) is 12.4 Å². The molecule has 0 aliphatic heterocycles. The monoisotopic (exact) mass is 140 g/mol. The highest BCUT2D eigenvalue weighted by Crippen LogP contribution is 1.91. The molecule has 0 aromatic carbocycles. The molecule has 3 nitrogen and oxygen atoms in total. The molecular weight excluding hydrogens is 130 g/mol. The van der Waals surface area contributed by atoms with Gasteiger partial charge in [-0.2, -0.15) is 0 Å². The summed E-state index contributed by atoms with van der Waals surface area (Å²) >= 11 is 0. The van der Waals surface area contributed by atoms with Crippen molar-refractivity contribution in [2.45, 2.75) is 6.61 Å². The van der Waals surface area contributed by atoms with Crippen molar-refractivity contribution in [3.8, 4) is 0 Å². The molecule has 1 heterocycles. The van der Waals surface area contributed by atoms with Crippen LogP contribution in [-0.4, -0.2) is 12.2 Å². The summed E-state index contributed by atoms with van der Waals surface area (Å²) in [5.74, 6) is 0. The van der Waals surface area contributed by atoms with Gasteiger partial charge in [0.25, 0.3) is 0 Å². The van der Waals surface area contributed by atoms with E-state index in [-0.39, 0.29) is 6.61 Å². The third kappa shape index (κ3) is 1.45. The van der Waals surface area contributed by atoms with E-state index in [1.165, 1.54) is 0 Å². The van der Waals surface area contributed by atoms with Gasteiger partial charge < -0.3 is 5.11 Å². The number of hydrogen-bond acceptors (Lipinski definition) is 2. The van der Waals surface area contributed by atoms with Crippen molar-refractivity contribution < 1.29 is 14.7 Å². The average molecular weight is 140 g/mol. The maximum atomic E-state index is 8.65. The summed E-state index contributed by atoms with van der Waals surface area (Å²) in [7, 11) is 1.58. The second-order valence-electron chi connectivity index (χ2n) is 1.91. The van der Waals surface area contributed by atoms with Gasteiger partial charge in [-0.1, -0.05) is 0 Å². The Bertz CT molecular complexity index is 172. The van der Waals surface area contributed by atoms with Gasteiger partial charge in [-0.25, -0.2) is 0 Å². The van der Waals surface area contributed by atoms with Gasteiger partial charge in [0, 0.05) is 16.9 Å². The summed E-state index contributed by atoms with van der Waals surface area (Å²) in [6.45, 7) is 0.0740. The maximum Gasteiger partial charge on any atom is 0.222 e. The molecule has 0 bridgehead atoms. The fourth-order valence-corrected chi connectivity index (χ4v) is 0.671. The molecule has 0 spiro atoms. The summed E-state index contributed by atoms with van der Waals surface area (Å²) < 4.78 is 1.55. The van der Waals surface area contributed by atoms with E-state index in [1.807, 2.05) is 0 Å². The number of nitrogens with zero attached hydrogens (tertiary/aromatic N) is 1. The van der Waals surface area contributed by atoms with Gasteiger partial charge in [-0.15, -0.1) is 0 Å². The van der Waals surface area contributed by atoms with Crippen LogP contribution < -0.4 is 9.57 Å². The van der Waals surface area contributed by atoms with E-state index in [2.05, 4.69) is 0 Å².